The molecule has 2 nitrogen and oxygen atoms in total. The van der Waals surface area contributed by atoms with Gasteiger partial charge in [0.2, 0.25) is 0 Å². The number of nitrogens with zero attached hydrogens (tertiary/aromatic N) is 1. The van der Waals surface area contributed by atoms with Crippen molar-refractivity contribution < 1.29 is 9.50 Å². The Hall–Kier alpha value is -0.960. The van der Waals surface area contributed by atoms with Gasteiger partial charge in [-0.05, 0) is 36.8 Å². The second kappa shape index (κ2) is 3.42. The predicted octanol–water partition coefficient (Wildman–Crippen LogP) is 1.85. The van der Waals surface area contributed by atoms with Crippen LogP contribution in [0.15, 0.2) is 18.5 Å². The van der Waals surface area contributed by atoms with E-state index in [1.165, 1.54) is 6.20 Å². The van der Waals surface area contributed by atoms with Gasteiger partial charge in [0, 0.05) is 6.20 Å². The number of aromatic nitrogens is 1. The first-order valence-corrected chi connectivity index (χ1v) is 4.55. The molecular formula is C10H12FNO. The quantitative estimate of drug-likeness (QED) is 0.717. The van der Waals surface area contributed by atoms with E-state index in [2.05, 4.69) is 4.98 Å². The number of hydrogen-bond donors (Lipinski definition) is 1. The molecule has 0 spiro atoms. The summed E-state index contributed by atoms with van der Waals surface area (Å²) < 4.78 is 13.2. The normalized spacial score (nSPS) is 27.8. The molecule has 13 heavy (non-hydrogen) atoms. The van der Waals surface area contributed by atoms with E-state index in [9.17, 15) is 9.50 Å². The van der Waals surface area contributed by atoms with Gasteiger partial charge < -0.3 is 5.11 Å². The van der Waals surface area contributed by atoms with E-state index in [0.717, 1.165) is 12.8 Å². The van der Waals surface area contributed by atoms with Crippen LogP contribution in [0.25, 0.3) is 0 Å². The molecule has 2 unspecified atom stereocenters. The van der Waals surface area contributed by atoms with Crippen molar-refractivity contribution in [1.29, 1.82) is 0 Å². The summed E-state index contributed by atoms with van der Waals surface area (Å²) in [5.41, 5.74) is 0.701. The maximum Gasteiger partial charge on any atom is 0.144 e. The van der Waals surface area contributed by atoms with Crippen molar-refractivity contribution in [2.24, 2.45) is 0 Å². The van der Waals surface area contributed by atoms with E-state index in [4.69, 9.17) is 0 Å². The second-order valence-electron chi connectivity index (χ2n) is 3.56. The fourth-order valence-electron chi connectivity index (χ4n) is 1.96. The molecule has 1 aliphatic carbocycles. The third-order valence-corrected chi connectivity index (χ3v) is 2.65. The third-order valence-electron chi connectivity index (χ3n) is 2.65. The molecule has 0 radical (unpaired) electrons. The topological polar surface area (TPSA) is 33.1 Å². The van der Waals surface area contributed by atoms with Gasteiger partial charge in [-0.25, -0.2) is 4.39 Å². The third kappa shape index (κ3) is 1.70. The maximum atomic E-state index is 13.2. The van der Waals surface area contributed by atoms with Crippen molar-refractivity contribution in [1.82, 2.24) is 4.98 Å². The van der Waals surface area contributed by atoms with Crippen molar-refractivity contribution in [3.8, 4) is 0 Å². The smallest absolute Gasteiger partial charge is 0.144 e. The van der Waals surface area contributed by atoms with Gasteiger partial charge in [0.15, 0.2) is 0 Å². The van der Waals surface area contributed by atoms with Crippen LogP contribution in [0.4, 0.5) is 4.39 Å². The van der Waals surface area contributed by atoms with E-state index < -0.39 is 0 Å². The van der Waals surface area contributed by atoms with E-state index in [1.54, 1.807) is 12.3 Å². The molecule has 1 aliphatic rings. The summed E-state index contributed by atoms with van der Waals surface area (Å²) >= 11 is 0. The second-order valence-corrected chi connectivity index (χ2v) is 3.56. The standard InChI is InChI=1S/C10H12FNO/c11-10-6-12-4-3-9(10)7-1-2-8(13)5-7/h3-4,6-8,13H,1-2,5H2. The van der Waals surface area contributed by atoms with Crippen LogP contribution in [-0.2, 0) is 0 Å². The number of aliphatic hydroxyl groups excluding tert-OH is 1. The molecule has 1 heterocycles. The molecule has 3 heteroatoms. The Balaban J connectivity index is 2.21. The van der Waals surface area contributed by atoms with Gasteiger partial charge in [0.1, 0.15) is 5.82 Å². The molecule has 2 rings (SSSR count). The van der Waals surface area contributed by atoms with Gasteiger partial charge in [-0.1, -0.05) is 0 Å². The molecule has 1 aromatic heterocycles. The number of rotatable bonds is 1. The summed E-state index contributed by atoms with van der Waals surface area (Å²) in [6, 6.07) is 1.71. The van der Waals surface area contributed by atoms with Crippen LogP contribution in [0.2, 0.25) is 0 Å². The summed E-state index contributed by atoms with van der Waals surface area (Å²) in [5, 5.41) is 9.31. The average molecular weight is 181 g/mol. The number of hydrogen-bond acceptors (Lipinski definition) is 2. The molecule has 0 aromatic carbocycles. The average Bonchev–Trinajstić information content (AvgIpc) is 2.53. The minimum Gasteiger partial charge on any atom is -0.393 e. The molecule has 1 fully saturated rings. The van der Waals surface area contributed by atoms with Crippen LogP contribution in [-0.4, -0.2) is 16.2 Å². The highest BCUT2D eigenvalue weighted by Crippen LogP contribution is 2.35. The van der Waals surface area contributed by atoms with Crippen molar-refractivity contribution in [2.45, 2.75) is 31.3 Å². The van der Waals surface area contributed by atoms with Gasteiger partial charge in [0.25, 0.3) is 0 Å². The van der Waals surface area contributed by atoms with E-state index in [1.807, 2.05) is 0 Å². The van der Waals surface area contributed by atoms with Crippen molar-refractivity contribution in [3.05, 3.63) is 29.8 Å². The largest absolute Gasteiger partial charge is 0.393 e. The summed E-state index contributed by atoms with van der Waals surface area (Å²) in [4.78, 5) is 3.70. The monoisotopic (exact) mass is 181 g/mol. The number of pyridine rings is 1. The highest BCUT2D eigenvalue weighted by Gasteiger charge is 2.25. The molecular weight excluding hydrogens is 169 g/mol. The van der Waals surface area contributed by atoms with Crippen molar-refractivity contribution in [3.63, 3.8) is 0 Å². The Morgan fingerprint density at radius 2 is 2.31 bits per heavy atom. The van der Waals surface area contributed by atoms with E-state index in [-0.39, 0.29) is 17.8 Å². The fraction of sp³-hybridized carbons (Fsp3) is 0.500. The summed E-state index contributed by atoms with van der Waals surface area (Å²) in [6.07, 6.45) is 4.93. The minimum atomic E-state index is -0.252. The molecule has 1 N–H and O–H groups in total. The SMILES string of the molecule is OC1CCC(c2ccncc2F)C1. The first-order chi connectivity index (χ1) is 6.27. The van der Waals surface area contributed by atoms with E-state index >= 15 is 0 Å². The van der Waals surface area contributed by atoms with Gasteiger partial charge in [0.05, 0.1) is 12.3 Å². The van der Waals surface area contributed by atoms with Gasteiger partial charge in [-0.15, -0.1) is 0 Å². The lowest BCUT2D eigenvalue weighted by Gasteiger charge is -2.09. The first kappa shape index (κ1) is 8.63. The van der Waals surface area contributed by atoms with Crippen LogP contribution in [0.5, 0.6) is 0 Å². The summed E-state index contributed by atoms with van der Waals surface area (Å²) in [7, 11) is 0. The zero-order chi connectivity index (χ0) is 9.26. The molecule has 0 aliphatic heterocycles. The maximum absolute atomic E-state index is 13.2. The Morgan fingerprint density at radius 1 is 1.46 bits per heavy atom. The van der Waals surface area contributed by atoms with E-state index in [0.29, 0.717) is 12.0 Å². The zero-order valence-corrected chi connectivity index (χ0v) is 7.28. The number of aliphatic hydroxyl groups is 1. The summed E-state index contributed by atoms with van der Waals surface area (Å²) in [5.74, 6) is -0.0698. The Kier molecular flexibility index (Phi) is 2.27. The molecule has 70 valence electrons. The fourth-order valence-corrected chi connectivity index (χ4v) is 1.96. The zero-order valence-electron chi connectivity index (χ0n) is 7.28. The Morgan fingerprint density at radius 3 is 2.92 bits per heavy atom. The highest BCUT2D eigenvalue weighted by molar-refractivity contribution is 5.19. The number of halogens is 1. The molecule has 0 saturated heterocycles. The van der Waals surface area contributed by atoms with Crippen LogP contribution < -0.4 is 0 Å². The van der Waals surface area contributed by atoms with Crippen LogP contribution in [0, 0.1) is 5.82 Å². The Labute approximate surface area is 76.4 Å². The first-order valence-electron chi connectivity index (χ1n) is 4.55. The molecule has 2 atom stereocenters. The highest BCUT2D eigenvalue weighted by atomic mass is 19.1. The lowest BCUT2D eigenvalue weighted by molar-refractivity contribution is 0.181. The van der Waals surface area contributed by atoms with Crippen LogP contribution in [0.3, 0.4) is 0 Å². The van der Waals surface area contributed by atoms with Gasteiger partial charge in [-0.3, -0.25) is 4.98 Å². The molecule has 1 saturated carbocycles. The summed E-state index contributed by atoms with van der Waals surface area (Å²) in [6.45, 7) is 0. The lowest BCUT2D eigenvalue weighted by atomic mass is 9.98. The van der Waals surface area contributed by atoms with Gasteiger partial charge in [-0.2, -0.15) is 0 Å². The molecule has 1 aromatic rings. The minimum absolute atomic E-state index is 0.179. The van der Waals surface area contributed by atoms with Gasteiger partial charge >= 0.3 is 0 Å². The van der Waals surface area contributed by atoms with Crippen LogP contribution in [0.1, 0.15) is 30.7 Å². The molecule has 0 amide bonds. The predicted molar refractivity (Wildman–Crippen MR) is 46.8 cm³/mol. The Bertz CT molecular complexity index is 303. The van der Waals surface area contributed by atoms with Crippen molar-refractivity contribution >= 4 is 0 Å². The lowest BCUT2D eigenvalue weighted by Crippen LogP contribution is -2.01. The van der Waals surface area contributed by atoms with Crippen molar-refractivity contribution in [2.75, 3.05) is 0 Å². The molecule has 0 bridgehead atoms. The van der Waals surface area contributed by atoms with Crippen LogP contribution >= 0.6 is 0 Å².